The van der Waals surface area contributed by atoms with Crippen molar-refractivity contribution in [3.8, 4) is 11.1 Å². The van der Waals surface area contributed by atoms with Crippen LogP contribution in [0.4, 0.5) is 5.69 Å². The minimum Gasteiger partial charge on any atom is -0.399 e. The first-order chi connectivity index (χ1) is 10.8. The molecule has 2 heteroatoms. The fraction of sp³-hybridized carbons (Fsp3) is 0. The van der Waals surface area contributed by atoms with Gasteiger partial charge in [-0.15, -0.1) is 0 Å². The molecule has 0 bridgehead atoms. The first-order valence-corrected chi connectivity index (χ1v) is 7.58. The predicted octanol–water partition coefficient (Wildman–Crippen LogP) is 5.90. The van der Waals surface area contributed by atoms with Gasteiger partial charge in [0.1, 0.15) is 0 Å². The lowest BCUT2D eigenvalue weighted by atomic mass is 9.92. The van der Waals surface area contributed by atoms with E-state index in [9.17, 15) is 0 Å². The van der Waals surface area contributed by atoms with Crippen molar-refractivity contribution in [3.63, 3.8) is 0 Å². The van der Waals surface area contributed by atoms with E-state index in [0.29, 0.717) is 0 Å². The third kappa shape index (κ3) is 1.94. The second-order valence-corrected chi connectivity index (χ2v) is 5.78. The largest absolute Gasteiger partial charge is 0.399 e. The summed E-state index contributed by atoms with van der Waals surface area (Å²) in [4.78, 5) is 0. The van der Waals surface area contributed by atoms with Crippen molar-refractivity contribution in [1.29, 1.82) is 0 Å². The van der Waals surface area contributed by atoms with Crippen LogP contribution in [0.2, 0.25) is 5.02 Å². The van der Waals surface area contributed by atoms with Gasteiger partial charge in [0, 0.05) is 16.5 Å². The number of anilines is 1. The highest BCUT2D eigenvalue weighted by atomic mass is 35.5. The Morgan fingerprint density at radius 3 is 1.55 bits per heavy atom. The summed E-state index contributed by atoms with van der Waals surface area (Å²) in [5.41, 5.74) is 8.96. The zero-order valence-electron chi connectivity index (χ0n) is 11.9. The van der Waals surface area contributed by atoms with E-state index in [1.165, 1.54) is 5.56 Å². The quantitative estimate of drug-likeness (QED) is 0.344. The van der Waals surface area contributed by atoms with Gasteiger partial charge in [0.05, 0.1) is 5.02 Å². The summed E-state index contributed by atoms with van der Waals surface area (Å²) < 4.78 is 0. The van der Waals surface area contributed by atoms with Crippen LogP contribution in [-0.4, -0.2) is 0 Å². The van der Waals surface area contributed by atoms with Gasteiger partial charge in [0.25, 0.3) is 0 Å². The van der Waals surface area contributed by atoms with Crippen LogP contribution >= 0.6 is 11.6 Å². The Morgan fingerprint density at radius 2 is 1.05 bits per heavy atom. The SMILES string of the molecule is Nc1ccc(-c2c3ccccc3c(Cl)c3ccccc23)cc1. The average Bonchev–Trinajstić information content (AvgIpc) is 2.57. The molecular formula is C20H14ClN. The van der Waals surface area contributed by atoms with Crippen molar-refractivity contribution in [1.82, 2.24) is 0 Å². The first kappa shape index (κ1) is 13.2. The van der Waals surface area contributed by atoms with Crippen molar-refractivity contribution in [2.75, 3.05) is 5.73 Å². The van der Waals surface area contributed by atoms with Crippen molar-refractivity contribution >= 4 is 38.8 Å². The second-order valence-electron chi connectivity index (χ2n) is 5.40. The maximum absolute atomic E-state index is 6.64. The molecule has 2 N–H and O–H groups in total. The van der Waals surface area contributed by atoms with Gasteiger partial charge < -0.3 is 5.73 Å². The number of benzene rings is 4. The fourth-order valence-electron chi connectivity index (χ4n) is 3.04. The van der Waals surface area contributed by atoms with Crippen LogP contribution in [0, 0.1) is 0 Å². The Kier molecular flexibility index (Phi) is 3.02. The van der Waals surface area contributed by atoms with E-state index in [0.717, 1.165) is 37.8 Å². The monoisotopic (exact) mass is 303 g/mol. The summed E-state index contributed by atoms with van der Waals surface area (Å²) in [6.07, 6.45) is 0. The van der Waals surface area contributed by atoms with Gasteiger partial charge in [-0.25, -0.2) is 0 Å². The number of halogens is 1. The van der Waals surface area contributed by atoms with Crippen molar-refractivity contribution in [2.24, 2.45) is 0 Å². The normalized spacial score (nSPS) is 11.1. The smallest absolute Gasteiger partial charge is 0.0563 e. The molecule has 0 atom stereocenters. The molecule has 1 nitrogen and oxygen atoms in total. The molecule has 0 aliphatic rings. The third-order valence-corrected chi connectivity index (χ3v) is 4.47. The predicted molar refractivity (Wildman–Crippen MR) is 96.3 cm³/mol. The highest BCUT2D eigenvalue weighted by molar-refractivity contribution is 6.42. The number of nitrogen functional groups attached to an aromatic ring is 1. The van der Waals surface area contributed by atoms with Crippen LogP contribution in [-0.2, 0) is 0 Å². The van der Waals surface area contributed by atoms with E-state index < -0.39 is 0 Å². The molecule has 0 heterocycles. The van der Waals surface area contributed by atoms with E-state index >= 15 is 0 Å². The van der Waals surface area contributed by atoms with E-state index in [2.05, 4.69) is 36.4 Å². The van der Waals surface area contributed by atoms with Gasteiger partial charge in [-0.3, -0.25) is 0 Å². The summed E-state index contributed by atoms with van der Waals surface area (Å²) in [7, 11) is 0. The van der Waals surface area contributed by atoms with Gasteiger partial charge in [0.2, 0.25) is 0 Å². The molecule has 0 aliphatic carbocycles. The lowest BCUT2D eigenvalue weighted by Crippen LogP contribution is -1.88. The Labute approximate surface area is 133 Å². The fourth-order valence-corrected chi connectivity index (χ4v) is 3.37. The zero-order valence-corrected chi connectivity index (χ0v) is 12.6. The molecule has 4 rings (SSSR count). The number of fused-ring (bicyclic) bond motifs is 2. The van der Waals surface area contributed by atoms with Crippen LogP contribution in [0.1, 0.15) is 0 Å². The molecule has 0 saturated heterocycles. The van der Waals surface area contributed by atoms with Gasteiger partial charge in [0.15, 0.2) is 0 Å². The molecule has 22 heavy (non-hydrogen) atoms. The van der Waals surface area contributed by atoms with Crippen molar-refractivity contribution in [2.45, 2.75) is 0 Å². The van der Waals surface area contributed by atoms with E-state index in [1.807, 2.05) is 36.4 Å². The second kappa shape index (κ2) is 5.04. The minimum absolute atomic E-state index is 0.770. The van der Waals surface area contributed by atoms with Gasteiger partial charge in [-0.2, -0.15) is 0 Å². The molecule has 0 aliphatic heterocycles. The molecule has 0 saturated carbocycles. The molecule has 0 fully saturated rings. The van der Waals surface area contributed by atoms with Crippen molar-refractivity contribution in [3.05, 3.63) is 77.8 Å². The number of rotatable bonds is 1. The summed E-state index contributed by atoms with van der Waals surface area (Å²) in [5.74, 6) is 0. The molecule has 0 spiro atoms. The van der Waals surface area contributed by atoms with Crippen LogP contribution in [0.5, 0.6) is 0 Å². The summed E-state index contributed by atoms with van der Waals surface area (Å²) in [6, 6.07) is 24.6. The Morgan fingerprint density at radius 1 is 0.591 bits per heavy atom. The maximum Gasteiger partial charge on any atom is 0.0563 e. The van der Waals surface area contributed by atoms with Crippen LogP contribution in [0.15, 0.2) is 72.8 Å². The Bertz CT molecular complexity index is 931. The van der Waals surface area contributed by atoms with Crippen molar-refractivity contribution < 1.29 is 0 Å². The molecule has 4 aromatic carbocycles. The van der Waals surface area contributed by atoms with Crippen LogP contribution in [0.3, 0.4) is 0 Å². The maximum atomic E-state index is 6.64. The molecule has 0 unspecified atom stereocenters. The van der Waals surface area contributed by atoms with Gasteiger partial charge >= 0.3 is 0 Å². The Balaban J connectivity index is 2.23. The molecule has 0 aromatic heterocycles. The summed E-state index contributed by atoms with van der Waals surface area (Å²) in [5, 5.41) is 5.29. The first-order valence-electron chi connectivity index (χ1n) is 7.20. The molecule has 4 aromatic rings. The standard InChI is InChI=1S/C20H14ClN/c21-20-17-7-3-1-5-15(17)19(13-9-11-14(22)12-10-13)16-6-2-4-8-18(16)20/h1-12H,22H2. The lowest BCUT2D eigenvalue weighted by molar-refractivity contribution is 1.66. The minimum atomic E-state index is 0.770. The zero-order chi connectivity index (χ0) is 15.1. The van der Waals surface area contributed by atoms with E-state index in [1.54, 1.807) is 0 Å². The van der Waals surface area contributed by atoms with E-state index in [4.69, 9.17) is 17.3 Å². The highest BCUT2D eigenvalue weighted by Crippen LogP contribution is 2.41. The molecule has 0 radical (unpaired) electrons. The number of hydrogen-bond donors (Lipinski definition) is 1. The summed E-state index contributed by atoms with van der Waals surface area (Å²) >= 11 is 6.64. The molecule has 106 valence electrons. The topological polar surface area (TPSA) is 26.0 Å². The van der Waals surface area contributed by atoms with E-state index in [-0.39, 0.29) is 0 Å². The lowest BCUT2D eigenvalue weighted by Gasteiger charge is -2.14. The third-order valence-electron chi connectivity index (χ3n) is 4.07. The number of nitrogens with two attached hydrogens (primary N) is 1. The molecular weight excluding hydrogens is 290 g/mol. The highest BCUT2D eigenvalue weighted by Gasteiger charge is 2.13. The number of hydrogen-bond acceptors (Lipinski definition) is 1. The average molecular weight is 304 g/mol. The van der Waals surface area contributed by atoms with Crippen LogP contribution < -0.4 is 5.73 Å². The van der Waals surface area contributed by atoms with Gasteiger partial charge in [-0.1, -0.05) is 72.3 Å². The molecule has 0 amide bonds. The van der Waals surface area contributed by atoms with Gasteiger partial charge in [-0.05, 0) is 34.0 Å². The summed E-state index contributed by atoms with van der Waals surface area (Å²) in [6.45, 7) is 0. The Hall–Kier alpha value is -2.51. The van der Waals surface area contributed by atoms with Crippen LogP contribution in [0.25, 0.3) is 32.7 Å².